The average molecular weight is 345 g/mol. The number of non-ortho nitro benzene ring substituents is 1. The summed E-state index contributed by atoms with van der Waals surface area (Å²) in [5.74, 6) is 0. The van der Waals surface area contributed by atoms with Crippen molar-refractivity contribution < 1.29 is 35.0 Å². The minimum atomic E-state index is -1.68. The number of nitrogens with one attached hydrogen (secondary N) is 1. The highest BCUT2D eigenvalue weighted by atomic mass is 16.6. The highest BCUT2D eigenvalue weighted by Gasteiger charge is 2.44. The van der Waals surface area contributed by atoms with Gasteiger partial charge in [-0.15, -0.1) is 0 Å². The van der Waals surface area contributed by atoms with E-state index in [9.17, 15) is 35.5 Å². The molecule has 0 spiro atoms. The monoisotopic (exact) mass is 345 g/mol. The molecule has 5 atom stereocenters. The van der Waals surface area contributed by atoms with Crippen LogP contribution in [-0.4, -0.2) is 67.5 Å². The predicted molar refractivity (Wildman–Crippen MR) is 77.1 cm³/mol. The summed E-state index contributed by atoms with van der Waals surface area (Å²) in [7, 11) is 0. The third kappa shape index (κ3) is 3.42. The van der Waals surface area contributed by atoms with Gasteiger partial charge in [-0.25, -0.2) is 0 Å². The first-order valence-electron chi connectivity index (χ1n) is 6.76. The van der Waals surface area contributed by atoms with Crippen LogP contribution in [0.15, 0.2) is 18.2 Å². The van der Waals surface area contributed by atoms with Crippen molar-refractivity contribution in [1.29, 1.82) is 0 Å². The van der Waals surface area contributed by atoms with Gasteiger partial charge in [0.2, 0.25) is 0 Å². The van der Waals surface area contributed by atoms with Gasteiger partial charge in [0, 0.05) is 6.07 Å². The Hall–Kier alpha value is -2.38. The lowest BCUT2D eigenvalue weighted by Gasteiger charge is -2.40. The van der Waals surface area contributed by atoms with E-state index >= 15 is 0 Å². The quantitative estimate of drug-likeness (QED) is 0.317. The molecule has 0 aliphatic carbocycles. The molecule has 5 N–H and O–H groups in total. The smallest absolute Gasteiger partial charge is 0.299 e. The molecule has 2 rings (SSSR count). The van der Waals surface area contributed by atoms with Gasteiger partial charge in [-0.3, -0.25) is 20.2 Å². The number of nitro groups is 2. The van der Waals surface area contributed by atoms with E-state index in [1.807, 2.05) is 0 Å². The van der Waals surface area contributed by atoms with E-state index in [1.165, 1.54) is 0 Å². The summed E-state index contributed by atoms with van der Waals surface area (Å²) >= 11 is 0. The summed E-state index contributed by atoms with van der Waals surface area (Å²) in [5, 5.41) is 62.8. The van der Waals surface area contributed by atoms with E-state index in [0.29, 0.717) is 0 Å². The van der Waals surface area contributed by atoms with Gasteiger partial charge in [0.25, 0.3) is 11.4 Å². The summed E-state index contributed by atoms with van der Waals surface area (Å²) in [5.41, 5.74) is -1.37. The van der Waals surface area contributed by atoms with Crippen LogP contribution in [0.5, 0.6) is 0 Å². The van der Waals surface area contributed by atoms with Crippen LogP contribution in [-0.2, 0) is 4.74 Å². The van der Waals surface area contributed by atoms with Gasteiger partial charge in [0.1, 0.15) is 30.0 Å². The molecule has 0 bridgehead atoms. The molecule has 12 nitrogen and oxygen atoms in total. The lowest BCUT2D eigenvalue weighted by atomic mass is 9.96. The Bertz CT molecular complexity index is 640. The Balaban J connectivity index is 2.30. The Morgan fingerprint density at radius 2 is 1.79 bits per heavy atom. The molecule has 24 heavy (non-hydrogen) atoms. The number of anilines is 1. The maximum absolute atomic E-state index is 11.1. The number of nitrogens with zero attached hydrogens (tertiary/aromatic N) is 2. The molecule has 1 aliphatic heterocycles. The molecule has 1 aliphatic rings. The van der Waals surface area contributed by atoms with Crippen molar-refractivity contribution in [1.82, 2.24) is 0 Å². The molecular formula is C12H15N3O9. The fraction of sp³-hybridized carbons (Fsp3) is 0.500. The molecule has 0 amide bonds. The van der Waals surface area contributed by atoms with Gasteiger partial charge >= 0.3 is 0 Å². The second-order valence-electron chi connectivity index (χ2n) is 5.11. The van der Waals surface area contributed by atoms with E-state index < -0.39 is 58.5 Å². The summed E-state index contributed by atoms with van der Waals surface area (Å²) in [4.78, 5) is 20.1. The van der Waals surface area contributed by atoms with E-state index in [1.54, 1.807) is 0 Å². The van der Waals surface area contributed by atoms with Crippen LogP contribution in [0.2, 0.25) is 0 Å². The molecule has 12 heteroatoms. The van der Waals surface area contributed by atoms with Crippen molar-refractivity contribution in [2.24, 2.45) is 0 Å². The second-order valence-corrected chi connectivity index (χ2v) is 5.11. The van der Waals surface area contributed by atoms with Crippen LogP contribution in [0, 0.1) is 20.2 Å². The van der Waals surface area contributed by atoms with Crippen molar-refractivity contribution in [3.05, 3.63) is 38.4 Å². The molecule has 0 unspecified atom stereocenters. The fourth-order valence-electron chi connectivity index (χ4n) is 2.34. The molecule has 1 aromatic rings. The van der Waals surface area contributed by atoms with Gasteiger partial charge < -0.3 is 30.5 Å². The number of rotatable bonds is 5. The number of benzene rings is 1. The Labute approximate surface area is 134 Å². The first-order valence-corrected chi connectivity index (χ1v) is 6.76. The van der Waals surface area contributed by atoms with E-state index in [-0.39, 0.29) is 5.69 Å². The van der Waals surface area contributed by atoms with Crippen LogP contribution in [0.1, 0.15) is 0 Å². The maximum Gasteiger partial charge on any atom is 0.299 e. The molecular weight excluding hydrogens is 330 g/mol. The molecule has 1 aromatic carbocycles. The summed E-state index contributed by atoms with van der Waals surface area (Å²) in [6.45, 7) is -0.653. The van der Waals surface area contributed by atoms with Gasteiger partial charge in [0.05, 0.1) is 22.5 Å². The van der Waals surface area contributed by atoms with Crippen LogP contribution < -0.4 is 5.32 Å². The summed E-state index contributed by atoms with van der Waals surface area (Å²) in [6.07, 6.45) is -6.07. The minimum absolute atomic E-state index is 0.216. The Morgan fingerprint density at radius 1 is 1.12 bits per heavy atom. The fourth-order valence-corrected chi connectivity index (χ4v) is 2.34. The van der Waals surface area contributed by atoms with Crippen LogP contribution in [0.4, 0.5) is 17.1 Å². The molecule has 1 fully saturated rings. The first-order chi connectivity index (χ1) is 11.3. The summed E-state index contributed by atoms with van der Waals surface area (Å²) < 4.78 is 4.92. The van der Waals surface area contributed by atoms with Crippen LogP contribution in [0.3, 0.4) is 0 Å². The summed E-state index contributed by atoms with van der Waals surface area (Å²) in [6, 6.07) is 1.41. The molecule has 0 radical (unpaired) electrons. The number of aliphatic hydroxyl groups is 4. The number of aliphatic hydroxyl groups excluding tert-OH is 4. The molecule has 1 saturated heterocycles. The maximum atomic E-state index is 11.1. The second kappa shape index (κ2) is 7.02. The highest BCUT2D eigenvalue weighted by Crippen LogP contribution is 2.31. The average Bonchev–Trinajstić information content (AvgIpc) is 2.54. The normalized spacial score (nSPS) is 29.9. The van der Waals surface area contributed by atoms with Gasteiger partial charge in [-0.1, -0.05) is 0 Å². The zero-order chi connectivity index (χ0) is 18.0. The number of hydrogen-bond acceptors (Lipinski definition) is 10. The zero-order valence-corrected chi connectivity index (χ0v) is 12.1. The van der Waals surface area contributed by atoms with Crippen molar-refractivity contribution in [3.63, 3.8) is 0 Å². The predicted octanol–water partition coefficient (Wildman–Crippen LogP) is -1.29. The van der Waals surface area contributed by atoms with Gasteiger partial charge in [-0.2, -0.15) is 0 Å². The Kier molecular flexibility index (Phi) is 5.26. The van der Waals surface area contributed by atoms with E-state index in [4.69, 9.17) is 9.84 Å². The SMILES string of the molecule is O=[N+]([O-])c1ccc(N[C@@H]2[C@@H](O)[C@H](O)[C@H](CO)O[C@@H]2O)c([N+](=O)[O-])c1. The number of nitro benzene ring substituents is 2. The van der Waals surface area contributed by atoms with Crippen molar-refractivity contribution in [3.8, 4) is 0 Å². The van der Waals surface area contributed by atoms with Crippen LogP contribution in [0.25, 0.3) is 0 Å². The van der Waals surface area contributed by atoms with Crippen LogP contribution >= 0.6 is 0 Å². The van der Waals surface area contributed by atoms with Crippen molar-refractivity contribution >= 4 is 17.1 Å². The molecule has 1 heterocycles. The number of hydrogen-bond donors (Lipinski definition) is 5. The van der Waals surface area contributed by atoms with E-state index in [2.05, 4.69) is 5.32 Å². The van der Waals surface area contributed by atoms with Crippen molar-refractivity contribution in [2.75, 3.05) is 11.9 Å². The van der Waals surface area contributed by atoms with Gasteiger partial charge in [0.15, 0.2) is 6.29 Å². The standard InChI is InChI=1S/C12H15N3O9/c16-4-8-10(17)11(18)9(12(19)24-8)13-6-2-1-5(14(20)21)3-7(6)15(22)23/h1-3,8-13,16-19H,4H2/t8-,9+,10+,11+,12-/m0/s1. The number of ether oxygens (including phenoxy) is 1. The third-order valence-electron chi connectivity index (χ3n) is 3.61. The highest BCUT2D eigenvalue weighted by molar-refractivity contribution is 5.65. The molecule has 0 saturated carbocycles. The third-order valence-corrected chi connectivity index (χ3v) is 3.61. The molecule has 132 valence electrons. The van der Waals surface area contributed by atoms with Crippen molar-refractivity contribution in [2.45, 2.75) is 30.6 Å². The zero-order valence-electron chi connectivity index (χ0n) is 12.1. The first kappa shape index (κ1) is 18.0. The lowest BCUT2D eigenvalue weighted by Crippen LogP contribution is -2.61. The molecule has 0 aromatic heterocycles. The lowest BCUT2D eigenvalue weighted by molar-refractivity contribution is -0.393. The topological polar surface area (TPSA) is 188 Å². The van der Waals surface area contributed by atoms with Gasteiger partial charge in [-0.05, 0) is 6.07 Å². The Morgan fingerprint density at radius 3 is 2.33 bits per heavy atom. The van der Waals surface area contributed by atoms with E-state index in [0.717, 1.165) is 18.2 Å². The largest absolute Gasteiger partial charge is 0.394 e. The minimum Gasteiger partial charge on any atom is -0.394 e.